The average molecular weight is 326 g/mol. The molecule has 8 heteroatoms. The Hall–Kier alpha value is -2.77. The van der Waals surface area contributed by atoms with Crippen molar-refractivity contribution in [3.05, 3.63) is 64.2 Å². The molecule has 0 fully saturated rings. The fourth-order valence-corrected chi connectivity index (χ4v) is 1.84. The van der Waals surface area contributed by atoms with E-state index >= 15 is 0 Å². The minimum Gasteiger partial charge on any atom is -0.484 e. The Labute approximate surface area is 129 Å². The Morgan fingerprint density at radius 3 is 2.57 bits per heavy atom. The number of halogens is 3. The van der Waals surface area contributed by atoms with Gasteiger partial charge in [-0.05, 0) is 23.8 Å². The summed E-state index contributed by atoms with van der Waals surface area (Å²) in [6, 6.07) is 12.2. The Morgan fingerprint density at radius 2 is 1.87 bits per heavy atom. The number of non-ortho nitro benzene ring substituents is 1. The van der Waals surface area contributed by atoms with Gasteiger partial charge >= 0.3 is 6.18 Å². The molecule has 0 amide bonds. The average Bonchev–Trinajstić information content (AvgIpc) is 2.51. The van der Waals surface area contributed by atoms with Crippen molar-refractivity contribution in [2.24, 2.45) is 0 Å². The predicted octanol–water partition coefficient (Wildman–Crippen LogP) is 4.15. The molecule has 0 saturated carbocycles. The van der Waals surface area contributed by atoms with Crippen LogP contribution in [0.15, 0.2) is 48.5 Å². The van der Waals surface area contributed by atoms with Gasteiger partial charge in [0.2, 0.25) is 0 Å². The number of ether oxygens (including phenoxy) is 1. The molecular formula is C15H13F3N2O3. The monoisotopic (exact) mass is 326 g/mol. The number of nitrogens with zero attached hydrogens (tertiary/aromatic N) is 1. The van der Waals surface area contributed by atoms with Crippen LogP contribution in [-0.4, -0.2) is 17.7 Å². The maximum atomic E-state index is 12.1. The van der Waals surface area contributed by atoms with Gasteiger partial charge in [0.1, 0.15) is 5.75 Å². The maximum absolute atomic E-state index is 12.1. The number of nitrogens with one attached hydrogen (secondary N) is 1. The van der Waals surface area contributed by atoms with Gasteiger partial charge in [-0.3, -0.25) is 10.1 Å². The van der Waals surface area contributed by atoms with E-state index in [1.807, 2.05) is 0 Å². The third kappa shape index (κ3) is 5.50. The van der Waals surface area contributed by atoms with Gasteiger partial charge in [0.25, 0.3) is 5.69 Å². The lowest BCUT2D eigenvalue weighted by Crippen LogP contribution is -2.19. The molecule has 0 aliphatic carbocycles. The third-order valence-corrected chi connectivity index (χ3v) is 2.85. The van der Waals surface area contributed by atoms with E-state index in [1.54, 1.807) is 24.3 Å². The van der Waals surface area contributed by atoms with Crippen molar-refractivity contribution in [3.63, 3.8) is 0 Å². The molecule has 2 aromatic carbocycles. The minimum atomic E-state index is -4.39. The molecule has 0 heterocycles. The van der Waals surface area contributed by atoms with Crippen molar-refractivity contribution in [1.82, 2.24) is 0 Å². The number of hydrogen-bond acceptors (Lipinski definition) is 4. The van der Waals surface area contributed by atoms with Gasteiger partial charge in [0.05, 0.1) is 4.92 Å². The van der Waals surface area contributed by atoms with Crippen molar-refractivity contribution in [2.45, 2.75) is 12.7 Å². The normalized spacial score (nSPS) is 11.1. The van der Waals surface area contributed by atoms with Crippen LogP contribution < -0.4 is 10.1 Å². The predicted molar refractivity (Wildman–Crippen MR) is 78.4 cm³/mol. The van der Waals surface area contributed by atoms with Gasteiger partial charge in [-0.1, -0.05) is 18.2 Å². The van der Waals surface area contributed by atoms with Gasteiger partial charge in [-0.25, -0.2) is 0 Å². The third-order valence-electron chi connectivity index (χ3n) is 2.85. The SMILES string of the molecule is O=[N+]([O-])c1cccc(NCc2cccc(OCC(F)(F)F)c2)c1. The molecular weight excluding hydrogens is 313 g/mol. The first-order valence-corrected chi connectivity index (χ1v) is 6.60. The zero-order valence-electron chi connectivity index (χ0n) is 11.8. The first-order valence-electron chi connectivity index (χ1n) is 6.60. The second-order valence-electron chi connectivity index (χ2n) is 4.71. The summed E-state index contributed by atoms with van der Waals surface area (Å²) >= 11 is 0. The van der Waals surface area contributed by atoms with Crippen LogP contribution >= 0.6 is 0 Å². The lowest BCUT2D eigenvalue weighted by atomic mass is 10.2. The van der Waals surface area contributed by atoms with Crippen LogP contribution in [0, 0.1) is 10.1 Å². The van der Waals surface area contributed by atoms with E-state index in [2.05, 4.69) is 10.1 Å². The van der Waals surface area contributed by atoms with Gasteiger partial charge < -0.3 is 10.1 Å². The van der Waals surface area contributed by atoms with Crippen molar-refractivity contribution in [1.29, 1.82) is 0 Å². The van der Waals surface area contributed by atoms with Gasteiger partial charge in [0.15, 0.2) is 6.61 Å². The quantitative estimate of drug-likeness (QED) is 0.640. The fourth-order valence-electron chi connectivity index (χ4n) is 1.84. The summed E-state index contributed by atoms with van der Waals surface area (Å²) in [7, 11) is 0. The molecule has 0 aliphatic rings. The summed E-state index contributed by atoms with van der Waals surface area (Å²) in [5.74, 6) is 0.112. The smallest absolute Gasteiger partial charge is 0.422 e. The van der Waals surface area contributed by atoms with Crippen LogP contribution in [0.2, 0.25) is 0 Å². The van der Waals surface area contributed by atoms with Crippen LogP contribution in [-0.2, 0) is 6.54 Å². The van der Waals surface area contributed by atoms with E-state index in [1.165, 1.54) is 24.3 Å². The Kier molecular flexibility index (Phi) is 5.05. The first-order chi connectivity index (χ1) is 10.8. The van der Waals surface area contributed by atoms with Crippen LogP contribution in [0.1, 0.15) is 5.56 Å². The fraction of sp³-hybridized carbons (Fsp3) is 0.200. The van der Waals surface area contributed by atoms with E-state index in [0.717, 1.165) is 0 Å². The van der Waals surface area contributed by atoms with Crippen LogP contribution in [0.5, 0.6) is 5.75 Å². The van der Waals surface area contributed by atoms with Crippen molar-refractivity contribution in [3.8, 4) is 5.75 Å². The largest absolute Gasteiger partial charge is 0.484 e. The number of benzene rings is 2. The molecule has 0 radical (unpaired) electrons. The second kappa shape index (κ2) is 6.99. The molecule has 0 aromatic heterocycles. The van der Waals surface area contributed by atoms with Gasteiger partial charge in [0, 0.05) is 24.4 Å². The molecule has 0 spiro atoms. The Balaban J connectivity index is 1.98. The standard InChI is InChI=1S/C15H13F3N2O3/c16-15(17,18)10-23-14-6-1-3-11(7-14)9-19-12-4-2-5-13(8-12)20(21)22/h1-8,19H,9-10H2. The van der Waals surface area contributed by atoms with E-state index in [-0.39, 0.29) is 11.4 Å². The Morgan fingerprint density at radius 1 is 1.13 bits per heavy atom. The number of alkyl halides is 3. The zero-order valence-corrected chi connectivity index (χ0v) is 11.8. The molecule has 0 saturated heterocycles. The van der Waals surface area contributed by atoms with Gasteiger partial charge in [-0.15, -0.1) is 0 Å². The van der Waals surface area contributed by atoms with Gasteiger partial charge in [-0.2, -0.15) is 13.2 Å². The molecule has 23 heavy (non-hydrogen) atoms. The van der Waals surface area contributed by atoms with Crippen molar-refractivity contribution in [2.75, 3.05) is 11.9 Å². The second-order valence-corrected chi connectivity index (χ2v) is 4.71. The first kappa shape index (κ1) is 16.6. The lowest BCUT2D eigenvalue weighted by Gasteiger charge is -2.11. The summed E-state index contributed by atoms with van der Waals surface area (Å²) in [6.45, 7) is -1.06. The Bertz CT molecular complexity index is 690. The highest BCUT2D eigenvalue weighted by Gasteiger charge is 2.28. The van der Waals surface area contributed by atoms with Crippen molar-refractivity contribution < 1.29 is 22.8 Å². The summed E-state index contributed by atoms with van der Waals surface area (Å²) in [4.78, 5) is 10.2. The van der Waals surface area contributed by atoms with E-state index < -0.39 is 17.7 Å². The molecule has 5 nitrogen and oxygen atoms in total. The summed E-state index contributed by atoms with van der Waals surface area (Å²) in [5, 5.41) is 13.7. The van der Waals surface area contributed by atoms with Crippen molar-refractivity contribution >= 4 is 11.4 Å². The van der Waals surface area contributed by atoms with Crippen LogP contribution in [0.4, 0.5) is 24.5 Å². The molecule has 122 valence electrons. The molecule has 0 aliphatic heterocycles. The molecule has 2 rings (SSSR count). The topological polar surface area (TPSA) is 64.4 Å². The minimum absolute atomic E-state index is 0.0442. The zero-order chi connectivity index (χ0) is 16.9. The number of anilines is 1. The number of rotatable bonds is 6. The lowest BCUT2D eigenvalue weighted by molar-refractivity contribution is -0.384. The highest BCUT2D eigenvalue weighted by molar-refractivity contribution is 5.51. The van der Waals surface area contributed by atoms with Crippen LogP contribution in [0.3, 0.4) is 0 Å². The van der Waals surface area contributed by atoms with E-state index in [0.29, 0.717) is 17.8 Å². The molecule has 0 bridgehead atoms. The summed E-state index contributed by atoms with van der Waals surface area (Å²) in [6.07, 6.45) is -4.39. The molecule has 1 N–H and O–H groups in total. The van der Waals surface area contributed by atoms with E-state index in [9.17, 15) is 23.3 Å². The van der Waals surface area contributed by atoms with Crippen LogP contribution in [0.25, 0.3) is 0 Å². The number of nitro groups is 1. The number of nitro benzene ring substituents is 1. The summed E-state index contributed by atoms with van der Waals surface area (Å²) in [5.41, 5.74) is 1.19. The highest BCUT2D eigenvalue weighted by atomic mass is 19.4. The highest BCUT2D eigenvalue weighted by Crippen LogP contribution is 2.21. The number of hydrogen-bond donors (Lipinski definition) is 1. The molecule has 0 unspecified atom stereocenters. The molecule has 0 atom stereocenters. The summed E-state index contributed by atoms with van der Waals surface area (Å²) < 4.78 is 41.0. The van der Waals surface area contributed by atoms with E-state index in [4.69, 9.17) is 0 Å². The maximum Gasteiger partial charge on any atom is 0.422 e. The molecule has 2 aromatic rings.